The largest absolute Gasteiger partial charge is 0.337 e. The van der Waals surface area contributed by atoms with E-state index in [1.165, 1.54) is 19.3 Å². The Morgan fingerprint density at radius 1 is 1.27 bits per heavy atom. The molecule has 1 saturated heterocycles. The maximum atomic E-state index is 11.4. The van der Waals surface area contributed by atoms with E-state index < -0.39 is 0 Å². The molecule has 2 heteroatoms. The van der Waals surface area contributed by atoms with E-state index in [1.807, 2.05) is 0 Å². The van der Waals surface area contributed by atoms with Crippen molar-refractivity contribution in [2.75, 3.05) is 6.54 Å². The molecular formula is C9H12NO. The zero-order chi connectivity index (χ0) is 7.47. The minimum absolute atomic E-state index is 0.364. The number of hydrogen-bond donors (Lipinski definition) is 0. The Bertz CT molecular complexity index is 207. The van der Waals surface area contributed by atoms with Crippen LogP contribution in [0.15, 0.2) is 0 Å². The first kappa shape index (κ1) is 6.04. The Labute approximate surface area is 66.6 Å². The van der Waals surface area contributed by atoms with E-state index in [4.69, 9.17) is 0 Å². The summed E-state index contributed by atoms with van der Waals surface area (Å²) >= 11 is 0. The molecule has 2 bridgehead atoms. The molecule has 11 heavy (non-hydrogen) atoms. The average Bonchev–Trinajstić information content (AvgIpc) is 2.08. The Morgan fingerprint density at radius 3 is 2.36 bits per heavy atom. The molecule has 1 amide bonds. The molecule has 0 aromatic heterocycles. The molecular weight excluding hydrogens is 138 g/mol. The molecule has 0 N–H and O–H groups in total. The third-order valence-corrected chi connectivity index (χ3v) is 3.38. The smallest absolute Gasteiger partial charge is 0.223 e. The number of likely N-dealkylation sites (tertiary alicyclic amines) is 1. The van der Waals surface area contributed by atoms with Gasteiger partial charge < -0.3 is 4.90 Å². The number of amides is 1. The Kier molecular flexibility index (Phi) is 0.890. The lowest BCUT2D eigenvalue weighted by Gasteiger charge is -2.65. The molecule has 4 fully saturated rings. The van der Waals surface area contributed by atoms with E-state index in [0.717, 1.165) is 19.4 Å². The molecule has 0 aromatic carbocycles. The normalized spacial score (nSPS) is 33.5. The van der Waals surface area contributed by atoms with Gasteiger partial charge in [0.1, 0.15) is 0 Å². The first-order chi connectivity index (χ1) is 5.30. The van der Waals surface area contributed by atoms with Crippen LogP contribution in [0.3, 0.4) is 0 Å². The van der Waals surface area contributed by atoms with Crippen LogP contribution in [-0.2, 0) is 4.79 Å². The molecule has 1 aliphatic heterocycles. The van der Waals surface area contributed by atoms with Crippen LogP contribution in [0.25, 0.3) is 0 Å². The lowest BCUT2D eigenvalue weighted by Crippen LogP contribution is -2.67. The minimum atomic E-state index is 0.364. The maximum Gasteiger partial charge on any atom is 0.223 e. The zero-order valence-corrected chi connectivity index (χ0v) is 6.60. The van der Waals surface area contributed by atoms with Crippen LogP contribution in [0.2, 0.25) is 0 Å². The van der Waals surface area contributed by atoms with E-state index >= 15 is 0 Å². The van der Waals surface area contributed by atoms with Gasteiger partial charge in [0.25, 0.3) is 0 Å². The van der Waals surface area contributed by atoms with Crippen molar-refractivity contribution in [2.45, 2.75) is 37.6 Å². The monoisotopic (exact) mass is 150 g/mol. The fraction of sp³-hybridized carbons (Fsp3) is 0.778. The molecule has 59 valence electrons. The summed E-state index contributed by atoms with van der Waals surface area (Å²) in [4.78, 5) is 13.5. The number of hydrogen-bond acceptors (Lipinski definition) is 1. The predicted octanol–water partition coefficient (Wildman–Crippen LogP) is 1.12. The number of carbonyl (C=O) groups is 1. The SMILES string of the molecule is O=C1CCCN1C12C[C](C1)C2. The topological polar surface area (TPSA) is 20.3 Å². The molecule has 0 unspecified atom stereocenters. The highest BCUT2D eigenvalue weighted by molar-refractivity contribution is 5.80. The van der Waals surface area contributed by atoms with Gasteiger partial charge in [-0.25, -0.2) is 0 Å². The summed E-state index contributed by atoms with van der Waals surface area (Å²) in [5.74, 6) is 2.09. The fourth-order valence-corrected chi connectivity index (χ4v) is 2.68. The van der Waals surface area contributed by atoms with Crippen LogP contribution < -0.4 is 0 Å². The molecule has 0 atom stereocenters. The van der Waals surface area contributed by atoms with Gasteiger partial charge in [-0.1, -0.05) is 0 Å². The van der Waals surface area contributed by atoms with E-state index in [-0.39, 0.29) is 0 Å². The van der Waals surface area contributed by atoms with Gasteiger partial charge in [0.2, 0.25) is 5.91 Å². The highest BCUT2D eigenvalue weighted by atomic mass is 16.2. The zero-order valence-electron chi connectivity index (χ0n) is 6.60. The van der Waals surface area contributed by atoms with Crippen molar-refractivity contribution in [3.05, 3.63) is 5.92 Å². The van der Waals surface area contributed by atoms with Crippen LogP contribution in [0.1, 0.15) is 32.1 Å². The number of carbonyl (C=O) groups excluding carboxylic acids is 1. The third-order valence-electron chi connectivity index (χ3n) is 3.38. The van der Waals surface area contributed by atoms with E-state index in [2.05, 4.69) is 4.90 Å². The average molecular weight is 150 g/mol. The van der Waals surface area contributed by atoms with Gasteiger partial charge in [-0.2, -0.15) is 0 Å². The molecule has 3 saturated carbocycles. The molecule has 0 aromatic rings. The summed E-state index contributed by atoms with van der Waals surface area (Å²) in [6.07, 6.45) is 5.60. The molecule has 1 radical (unpaired) electrons. The van der Waals surface area contributed by atoms with Gasteiger partial charge in [-0.15, -0.1) is 0 Å². The quantitative estimate of drug-likeness (QED) is 0.548. The van der Waals surface area contributed by atoms with Gasteiger partial charge in [0, 0.05) is 18.5 Å². The summed E-state index contributed by atoms with van der Waals surface area (Å²) < 4.78 is 0. The fourth-order valence-electron chi connectivity index (χ4n) is 2.68. The van der Waals surface area contributed by atoms with Crippen molar-refractivity contribution < 1.29 is 4.79 Å². The van der Waals surface area contributed by atoms with Crippen LogP contribution in [0.4, 0.5) is 0 Å². The summed E-state index contributed by atoms with van der Waals surface area (Å²) in [5.41, 5.74) is 0.364. The van der Waals surface area contributed by atoms with Gasteiger partial charge in [0.15, 0.2) is 0 Å². The predicted molar refractivity (Wildman–Crippen MR) is 40.8 cm³/mol. The second kappa shape index (κ2) is 1.62. The van der Waals surface area contributed by atoms with E-state index in [1.54, 1.807) is 5.92 Å². The maximum absolute atomic E-state index is 11.4. The molecule has 4 rings (SSSR count). The lowest BCUT2D eigenvalue weighted by molar-refractivity contribution is -0.142. The molecule has 2 nitrogen and oxygen atoms in total. The standard InChI is InChI=1S/C9H12NO/c11-8-2-1-3-10(8)9-4-7(5-9)6-9/h1-6H2. The van der Waals surface area contributed by atoms with Crippen molar-refractivity contribution in [1.29, 1.82) is 0 Å². The molecule has 4 aliphatic rings. The molecule has 1 heterocycles. The van der Waals surface area contributed by atoms with Crippen LogP contribution in [0.5, 0.6) is 0 Å². The second-order valence-electron chi connectivity index (χ2n) is 4.15. The third kappa shape index (κ3) is 0.569. The molecule has 3 aliphatic carbocycles. The van der Waals surface area contributed by atoms with Crippen molar-refractivity contribution in [2.24, 2.45) is 0 Å². The van der Waals surface area contributed by atoms with Gasteiger partial charge in [-0.05, 0) is 31.6 Å². The van der Waals surface area contributed by atoms with E-state index in [0.29, 0.717) is 11.4 Å². The first-order valence-corrected chi connectivity index (χ1v) is 4.44. The minimum Gasteiger partial charge on any atom is -0.337 e. The number of nitrogens with zero attached hydrogens (tertiary/aromatic N) is 1. The van der Waals surface area contributed by atoms with Gasteiger partial charge >= 0.3 is 0 Å². The van der Waals surface area contributed by atoms with Crippen LogP contribution in [0, 0.1) is 5.92 Å². The van der Waals surface area contributed by atoms with Gasteiger partial charge in [-0.3, -0.25) is 4.79 Å². The van der Waals surface area contributed by atoms with Crippen molar-refractivity contribution in [3.63, 3.8) is 0 Å². The summed E-state index contributed by atoms with van der Waals surface area (Å²) in [7, 11) is 0. The first-order valence-electron chi connectivity index (χ1n) is 4.44. The van der Waals surface area contributed by atoms with Crippen molar-refractivity contribution in [1.82, 2.24) is 4.90 Å². The van der Waals surface area contributed by atoms with Crippen molar-refractivity contribution >= 4 is 5.91 Å². The van der Waals surface area contributed by atoms with Gasteiger partial charge in [0.05, 0.1) is 0 Å². The summed E-state index contributed by atoms with van der Waals surface area (Å²) in [6, 6.07) is 0. The Balaban J connectivity index is 1.82. The summed E-state index contributed by atoms with van der Waals surface area (Å²) in [6.45, 7) is 1.03. The lowest BCUT2D eigenvalue weighted by atomic mass is 9.49. The van der Waals surface area contributed by atoms with E-state index in [9.17, 15) is 4.79 Å². The highest BCUT2D eigenvalue weighted by Crippen LogP contribution is 2.62. The Morgan fingerprint density at radius 2 is 2.00 bits per heavy atom. The number of rotatable bonds is 1. The second-order valence-corrected chi connectivity index (χ2v) is 4.15. The Hall–Kier alpha value is -0.530. The van der Waals surface area contributed by atoms with Crippen molar-refractivity contribution in [3.8, 4) is 0 Å². The van der Waals surface area contributed by atoms with Crippen LogP contribution in [-0.4, -0.2) is 22.9 Å². The summed E-state index contributed by atoms with van der Waals surface area (Å²) in [5, 5.41) is 0. The van der Waals surface area contributed by atoms with Crippen LogP contribution >= 0.6 is 0 Å². The highest BCUT2D eigenvalue weighted by Gasteiger charge is 2.61. The molecule has 0 spiro atoms.